The van der Waals surface area contributed by atoms with Crippen LogP contribution in [0.1, 0.15) is 51.9 Å². The van der Waals surface area contributed by atoms with Crippen LogP contribution in [0.3, 0.4) is 0 Å². The molecule has 0 amide bonds. The van der Waals surface area contributed by atoms with E-state index in [2.05, 4.69) is 10.1 Å². The monoisotopic (exact) mass is 549 g/mol. The first-order chi connectivity index (χ1) is 15.7. The van der Waals surface area contributed by atoms with Gasteiger partial charge in [-0.3, -0.25) is 0 Å². The van der Waals surface area contributed by atoms with Gasteiger partial charge >= 0.3 is 35.8 Å². The number of halogens is 13. The summed E-state index contributed by atoms with van der Waals surface area (Å²) in [6.07, 6.45) is -5.36. The van der Waals surface area contributed by atoms with Crippen molar-refractivity contribution < 1.29 is 66.9 Å². The first kappa shape index (κ1) is 34.0. The van der Waals surface area contributed by atoms with Gasteiger partial charge in [0.1, 0.15) is 0 Å². The number of hydrogen-bond acceptors (Lipinski definition) is 3. The second-order valence-electron chi connectivity index (χ2n) is 7.95. The van der Waals surface area contributed by atoms with E-state index in [1.54, 1.807) is 0 Å². The van der Waals surface area contributed by atoms with Crippen LogP contribution in [0.2, 0.25) is 0 Å². The molecule has 212 valence electrons. The topological polar surface area (TPSA) is 41.5 Å². The largest absolute Gasteiger partial charge is 0.460 e. The van der Waals surface area contributed by atoms with Crippen molar-refractivity contribution >= 4 is 0 Å². The van der Waals surface area contributed by atoms with Gasteiger partial charge in [0.15, 0.2) is 0 Å². The van der Waals surface area contributed by atoms with Gasteiger partial charge in [-0.05, 0) is 13.0 Å². The Balaban J connectivity index is 4.77. The van der Waals surface area contributed by atoms with Crippen molar-refractivity contribution in [2.45, 2.75) is 93.8 Å². The van der Waals surface area contributed by atoms with E-state index in [0.29, 0.717) is 6.54 Å². The summed E-state index contributed by atoms with van der Waals surface area (Å²) < 4.78 is 173. The predicted molar refractivity (Wildman–Crippen MR) is 98.5 cm³/mol. The third-order valence-corrected chi connectivity index (χ3v) is 4.96. The molecular formula is C19H28F13NO2. The number of rotatable bonds is 18. The predicted octanol–water partition coefficient (Wildman–Crippen LogP) is 6.44. The van der Waals surface area contributed by atoms with Crippen LogP contribution in [0.25, 0.3) is 0 Å². The molecule has 0 radical (unpaired) electrons. The maximum Gasteiger partial charge on any atom is 0.460 e. The minimum absolute atomic E-state index is 0.127. The normalized spacial score (nSPS) is 15.5. The zero-order valence-corrected chi connectivity index (χ0v) is 18.6. The van der Waals surface area contributed by atoms with Crippen LogP contribution in [0, 0.1) is 0 Å². The molecule has 0 saturated carbocycles. The summed E-state index contributed by atoms with van der Waals surface area (Å²) in [6.45, 7) is 0.0845. The van der Waals surface area contributed by atoms with Crippen LogP contribution in [-0.2, 0) is 4.74 Å². The van der Waals surface area contributed by atoms with Crippen LogP contribution in [-0.4, -0.2) is 73.3 Å². The van der Waals surface area contributed by atoms with Gasteiger partial charge in [-0.15, -0.1) is 0 Å². The van der Waals surface area contributed by atoms with E-state index >= 15 is 0 Å². The van der Waals surface area contributed by atoms with E-state index in [-0.39, 0.29) is 6.54 Å². The molecule has 35 heavy (non-hydrogen) atoms. The quantitative estimate of drug-likeness (QED) is 0.153. The van der Waals surface area contributed by atoms with E-state index in [1.165, 1.54) is 0 Å². The van der Waals surface area contributed by atoms with Crippen molar-refractivity contribution in [3.8, 4) is 0 Å². The molecule has 0 heterocycles. The summed E-state index contributed by atoms with van der Waals surface area (Å²) in [5, 5.41) is 12.4. The van der Waals surface area contributed by atoms with Gasteiger partial charge in [0.2, 0.25) is 0 Å². The fourth-order valence-electron chi connectivity index (χ4n) is 2.74. The summed E-state index contributed by atoms with van der Waals surface area (Å²) in [4.78, 5) is 0. The van der Waals surface area contributed by atoms with Crippen LogP contribution < -0.4 is 5.32 Å². The smallest absolute Gasteiger partial charge is 0.389 e. The lowest BCUT2D eigenvalue weighted by Crippen LogP contribution is -2.70. The van der Waals surface area contributed by atoms with Crippen molar-refractivity contribution in [2.75, 3.05) is 26.3 Å². The van der Waals surface area contributed by atoms with Gasteiger partial charge in [-0.1, -0.05) is 39.0 Å². The Morgan fingerprint density at radius 2 is 1.17 bits per heavy atom. The average Bonchev–Trinajstić information content (AvgIpc) is 2.71. The van der Waals surface area contributed by atoms with Crippen molar-refractivity contribution in [1.82, 2.24) is 5.32 Å². The summed E-state index contributed by atoms with van der Waals surface area (Å²) in [7, 11) is 0. The molecule has 1 atom stereocenters. The molecule has 0 aromatic heterocycles. The van der Waals surface area contributed by atoms with Crippen molar-refractivity contribution in [1.29, 1.82) is 0 Å². The van der Waals surface area contributed by atoms with Gasteiger partial charge in [-0.2, -0.15) is 57.1 Å². The van der Waals surface area contributed by atoms with E-state index in [9.17, 15) is 62.2 Å². The van der Waals surface area contributed by atoms with Crippen LogP contribution in [0.4, 0.5) is 57.1 Å². The highest BCUT2D eigenvalue weighted by Gasteiger charge is 2.90. The minimum Gasteiger partial charge on any atom is -0.389 e. The number of aliphatic hydroxyl groups excluding tert-OH is 1. The third-order valence-electron chi connectivity index (χ3n) is 4.96. The lowest BCUT2D eigenvalue weighted by molar-refractivity contribution is -0.440. The number of alkyl halides is 13. The first-order valence-electron chi connectivity index (χ1n) is 10.6. The van der Waals surface area contributed by atoms with Gasteiger partial charge in [0, 0.05) is 13.0 Å². The van der Waals surface area contributed by atoms with Crippen molar-refractivity contribution in [3.63, 3.8) is 0 Å². The number of ether oxygens (including phenoxy) is 1. The van der Waals surface area contributed by atoms with E-state index in [4.69, 9.17) is 0 Å². The van der Waals surface area contributed by atoms with Gasteiger partial charge in [-0.25, -0.2) is 0 Å². The number of unbranched alkanes of at least 4 members (excludes halogenated alkanes) is 5. The van der Waals surface area contributed by atoms with Gasteiger partial charge < -0.3 is 15.2 Å². The minimum atomic E-state index is -7.91. The second kappa shape index (κ2) is 13.0. The highest BCUT2D eigenvalue weighted by Crippen LogP contribution is 2.60. The Kier molecular flexibility index (Phi) is 12.6. The summed E-state index contributed by atoms with van der Waals surface area (Å²) in [5.41, 5.74) is 0. The van der Waals surface area contributed by atoms with Crippen LogP contribution in [0.5, 0.6) is 0 Å². The molecule has 0 spiro atoms. The molecule has 0 aromatic rings. The Morgan fingerprint density at radius 3 is 1.69 bits per heavy atom. The highest BCUT2D eigenvalue weighted by molar-refractivity contribution is 5.10. The fourth-order valence-corrected chi connectivity index (χ4v) is 2.74. The second-order valence-corrected chi connectivity index (χ2v) is 7.95. The third kappa shape index (κ3) is 8.23. The van der Waals surface area contributed by atoms with Gasteiger partial charge in [0.25, 0.3) is 0 Å². The lowest BCUT2D eigenvalue weighted by atomic mass is 9.93. The average molecular weight is 549 g/mol. The molecule has 0 aliphatic carbocycles. The molecule has 0 aromatic carbocycles. The number of nitrogens with one attached hydrogen (secondary N) is 1. The highest BCUT2D eigenvalue weighted by atomic mass is 19.4. The molecule has 0 aliphatic heterocycles. The molecule has 0 bridgehead atoms. The molecule has 2 N–H and O–H groups in total. The zero-order valence-electron chi connectivity index (χ0n) is 18.6. The Hall–Kier alpha value is -1.03. The van der Waals surface area contributed by atoms with Gasteiger partial charge in [0.05, 0.1) is 19.3 Å². The molecule has 0 saturated heterocycles. The first-order valence-corrected chi connectivity index (χ1v) is 10.6. The number of aliphatic hydroxyl groups is 1. The molecule has 1 unspecified atom stereocenters. The summed E-state index contributed by atoms with van der Waals surface area (Å²) in [5.74, 6) is -37.0. The summed E-state index contributed by atoms with van der Waals surface area (Å²) in [6, 6.07) is 0. The summed E-state index contributed by atoms with van der Waals surface area (Å²) >= 11 is 0. The van der Waals surface area contributed by atoms with E-state index in [1.807, 2.05) is 6.92 Å². The van der Waals surface area contributed by atoms with E-state index < -0.39 is 61.5 Å². The van der Waals surface area contributed by atoms with E-state index in [0.717, 1.165) is 38.5 Å². The Bertz CT molecular complexity index is 612. The van der Waals surface area contributed by atoms with Crippen molar-refractivity contribution in [3.05, 3.63) is 0 Å². The molecule has 0 aliphatic rings. The zero-order chi connectivity index (χ0) is 27.8. The Morgan fingerprint density at radius 1 is 0.686 bits per heavy atom. The standard InChI is InChI=1S/C19H28F13NO2/c1-2-3-4-5-6-7-9-33-11-13(34)12-35-10-8-14(20,21)15(22,23)16(24,25)17(26,27)18(28,29)19(30,31)32/h13,33-34H,2-12H2,1H3. The fraction of sp³-hybridized carbons (Fsp3) is 1.00. The Labute approximate surface area is 193 Å². The lowest BCUT2D eigenvalue weighted by Gasteiger charge is -2.39. The molecule has 3 nitrogen and oxygen atoms in total. The van der Waals surface area contributed by atoms with Crippen LogP contribution in [0.15, 0.2) is 0 Å². The number of hydrogen-bond donors (Lipinski definition) is 2. The SMILES string of the molecule is CCCCCCCCNCC(O)COCCC(F)(F)C(F)(F)C(F)(F)C(F)(F)C(F)(F)C(F)(F)F. The maximum absolute atomic E-state index is 13.6. The van der Waals surface area contributed by atoms with Crippen molar-refractivity contribution in [2.24, 2.45) is 0 Å². The molecular weight excluding hydrogens is 521 g/mol. The maximum atomic E-state index is 13.6. The molecule has 0 fully saturated rings. The molecule has 0 rings (SSSR count). The van der Waals surface area contributed by atoms with Crippen LogP contribution >= 0.6 is 0 Å². The molecule has 16 heteroatoms.